The highest BCUT2D eigenvalue weighted by Gasteiger charge is 2.25. The van der Waals surface area contributed by atoms with Crippen molar-refractivity contribution in [3.05, 3.63) is 35.6 Å². The van der Waals surface area contributed by atoms with Crippen LogP contribution in [-0.4, -0.2) is 25.9 Å². The Labute approximate surface area is 113 Å². The molecule has 1 aliphatic carbocycles. The molecule has 2 rings (SSSR count). The van der Waals surface area contributed by atoms with E-state index in [9.17, 15) is 4.39 Å². The highest BCUT2D eigenvalue weighted by molar-refractivity contribution is 5.19. The number of nitrogens with two attached hydrogens (primary N) is 1. The SMILES string of the molecule is COC1CCCC(OC(CN)c2ccc(F)cc2)C1. The van der Waals surface area contributed by atoms with E-state index in [-0.39, 0.29) is 24.1 Å². The van der Waals surface area contributed by atoms with Crippen molar-refractivity contribution in [3.63, 3.8) is 0 Å². The molecule has 19 heavy (non-hydrogen) atoms. The van der Waals surface area contributed by atoms with Crippen LogP contribution in [0.15, 0.2) is 24.3 Å². The van der Waals surface area contributed by atoms with Crippen LogP contribution in [-0.2, 0) is 9.47 Å². The third-order valence-corrected chi connectivity index (χ3v) is 3.72. The van der Waals surface area contributed by atoms with Gasteiger partial charge in [-0.1, -0.05) is 12.1 Å². The van der Waals surface area contributed by atoms with Crippen LogP contribution in [0.2, 0.25) is 0 Å². The average Bonchev–Trinajstić information content (AvgIpc) is 2.46. The quantitative estimate of drug-likeness (QED) is 0.892. The van der Waals surface area contributed by atoms with E-state index in [0.717, 1.165) is 31.2 Å². The van der Waals surface area contributed by atoms with Gasteiger partial charge in [0.15, 0.2) is 0 Å². The lowest BCUT2D eigenvalue weighted by molar-refractivity contribution is -0.0633. The van der Waals surface area contributed by atoms with Crippen LogP contribution in [0.4, 0.5) is 4.39 Å². The second-order valence-corrected chi connectivity index (χ2v) is 5.06. The van der Waals surface area contributed by atoms with Crippen LogP contribution < -0.4 is 5.73 Å². The lowest BCUT2D eigenvalue weighted by Gasteiger charge is -2.31. The Kier molecular flexibility index (Phi) is 5.31. The normalized spacial score (nSPS) is 25.2. The molecule has 106 valence electrons. The minimum absolute atomic E-state index is 0.166. The van der Waals surface area contributed by atoms with Crippen molar-refractivity contribution >= 4 is 0 Å². The summed E-state index contributed by atoms with van der Waals surface area (Å²) in [7, 11) is 1.74. The van der Waals surface area contributed by atoms with Gasteiger partial charge < -0.3 is 15.2 Å². The first kappa shape index (κ1) is 14.4. The van der Waals surface area contributed by atoms with Gasteiger partial charge in [0.1, 0.15) is 5.82 Å². The van der Waals surface area contributed by atoms with Crippen molar-refractivity contribution in [2.45, 2.75) is 44.0 Å². The number of rotatable bonds is 5. The standard InChI is InChI=1S/C15H22FNO2/c1-18-13-3-2-4-14(9-13)19-15(10-17)11-5-7-12(16)8-6-11/h5-8,13-15H,2-4,9-10,17H2,1H3. The molecule has 3 unspecified atom stereocenters. The third kappa shape index (κ3) is 4.00. The van der Waals surface area contributed by atoms with Gasteiger partial charge in [-0.25, -0.2) is 4.39 Å². The van der Waals surface area contributed by atoms with Gasteiger partial charge in [0, 0.05) is 13.7 Å². The Morgan fingerprint density at radius 1 is 1.26 bits per heavy atom. The van der Waals surface area contributed by atoms with E-state index in [1.165, 1.54) is 12.1 Å². The molecule has 3 nitrogen and oxygen atoms in total. The summed E-state index contributed by atoms with van der Waals surface area (Å²) in [5, 5.41) is 0. The Morgan fingerprint density at radius 2 is 1.95 bits per heavy atom. The minimum Gasteiger partial charge on any atom is -0.381 e. The van der Waals surface area contributed by atoms with Gasteiger partial charge in [0.2, 0.25) is 0 Å². The van der Waals surface area contributed by atoms with Crippen molar-refractivity contribution in [2.24, 2.45) is 5.73 Å². The molecule has 0 amide bonds. The zero-order valence-electron chi connectivity index (χ0n) is 11.3. The summed E-state index contributed by atoms with van der Waals surface area (Å²) < 4.78 is 24.4. The molecule has 3 atom stereocenters. The molecule has 1 saturated carbocycles. The van der Waals surface area contributed by atoms with Crippen molar-refractivity contribution in [3.8, 4) is 0 Å². The predicted molar refractivity (Wildman–Crippen MR) is 72.3 cm³/mol. The van der Waals surface area contributed by atoms with Crippen molar-refractivity contribution in [1.82, 2.24) is 0 Å². The second-order valence-electron chi connectivity index (χ2n) is 5.06. The van der Waals surface area contributed by atoms with Gasteiger partial charge in [-0.3, -0.25) is 0 Å². The summed E-state index contributed by atoms with van der Waals surface area (Å²) >= 11 is 0. The number of hydrogen-bond donors (Lipinski definition) is 1. The number of benzene rings is 1. The second kappa shape index (κ2) is 6.98. The lowest BCUT2D eigenvalue weighted by Crippen LogP contribution is -2.30. The van der Waals surface area contributed by atoms with Gasteiger partial charge in [0.25, 0.3) is 0 Å². The third-order valence-electron chi connectivity index (χ3n) is 3.72. The highest BCUT2D eigenvalue weighted by atomic mass is 19.1. The summed E-state index contributed by atoms with van der Waals surface area (Å²) in [6, 6.07) is 6.37. The molecule has 2 N–H and O–H groups in total. The van der Waals surface area contributed by atoms with E-state index in [2.05, 4.69) is 0 Å². The Morgan fingerprint density at radius 3 is 2.58 bits per heavy atom. The molecule has 0 aliphatic heterocycles. The number of ether oxygens (including phenoxy) is 2. The Hall–Kier alpha value is -0.970. The van der Waals surface area contributed by atoms with Crippen molar-refractivity contribution < 1.29 is 13.9 Å². The predicted octanol–water partition coefficient (Wildman–Crippen LogP) is 2.80. The number of halogens is 1. The summed E-state index contributed by atoms with van der Waals surface area (Å²) in [5.41, 5.74) is 6.71. The van der Waals surface area contributed by atoms with Gasteiger partial charge in [0.05, 0.1) is 18.3 Å². The van der Waals surface area contributed by atoms with E-state index < -0.39 is 0 Å². The van der Waals surface area contributed by atoms with Crippen LogP contribution in [0, 0.1) is 5.82 Å². The van der Waals surface area contributed by atoms with Gasteiger partial charge in [-0.05, 0) is 43.4 Å². The van der Waals surface area contributed by atoms with Gasteiger partial charge in [-0.15, -0.1) is 0 Å². The van der Waals surface area contributed by atoms with Crippen LogP contribution in [0.3, 0.4) is 0 Å². The zero-order chi connectivity index (χ0) is 13.7. The largest absolute Gasteiger partial charge is 0.381 e. The summed E-state index contributed by atoms with van der Waals surface area (Å²) in [6.07, 6.45) is 4.46. The van der Waals surface area contributed by atoms with Gasteiger partial charge in [-0.2, -0.15) is 0 Å². The molecule has 4 heteroatoms. The smallest absolute Gasteiger partial charge is 0.123 e. The minimum atomic E-state index is -0.239. The topological polar surface area (TPSA) is 44.5 Å². The first-order valence-electron chi connectivity index (χ1n) is 6.86. The van der Waals surface area contributed by atoms with E-state index in [0.29, 0.717) is 6.54 Å². The van der Waals surface area contributed by atoms with E-state index >= 15 is 0 Å². The lowest BCUT2D eigenvalue weighted by atomic mass is 9.94. The molecule has 0 heterocycles. The fourth-order valence-corrected chi connectivity index (χ4v) is 2.62. The average molecular weight is 267 g/mol. The maximum Gasteiger partial charge on any atom is 0.123 e. The fourth-order valence-electron chi connectivity index (χ4n) is 2.62. The summed E-state index contributed by atoms with van der Waals surface area (Å²) in [5.74, 6) is -0.239. The fraction of sp³-hybridized carbons (Fsp3) is 0.600. The number of hydrogen-bond acceptors (Lipinski definition) is 3. The molecule has 1 fully saturated rings. The van der Waals surface area contributed by atoms with Crippen LogP contribution in [0.5, 0.6) is 0 Å². The van der Waals surface area contributed by atoms with Crippen LogP contribution in [0.25, 0.3) is 0 Å². The monoisotopic (exact) mass is 267 g/mol. The molecule has 1 aliphatic rings. The van der Waals surface area contributed by atoms with E-state index in [4.69, 9.17) is 15.2 Å². The maximum atomic E-state index is 12.9. The molecule has 0 radical (unpaired) electrons. The zero-order valence-corrected chi connectivity index (χ0v) is 11.3. The molecule has 0 aromatic heterocycles. The maximum absolute atomic E-state index is 12.9. The molecule has 1 aromatic carbocycles. The first-order valence-corrected chi connectivity index (χ1v) is 6.86. The molecular formula is C15H22FNO2. The molecular weight excluding hydrogens is 245 g/mol. The van der Waals surface area contributed by atoms with Crippen molar-refractivity contribution in [1.29, 1.82) is 0 Å². The summed E-state index contributed by atoms with van der Waals surface area (Å²) in [6.45, 7) is 0.403. The molecule has 0 saturated heterocycles. The molecule has 0 spiro atoms. The number of methoxy groups -OCH3 is 1. The van der Waals surface area contributed by atoms with Crippen LogP contribution in [0.1, 0.15) is 37.4 Å². The van der Waals surface area contributed by atoms with Crippen molar-refractivity contribution in [2.75, 3.05) is 13.7 Å². The highest BCUT2D eigenvalue weighted by Crippen LogP contribution is 2.28. The summed E-state index contributed by atoms with van der Waals surface area (Å²) in [4.78, 5) is 0. The van der Waals surface area contributed by atoms with E-state index in [1.807, 2.05) is 0 Å². The first-order chi connectivity index (χ1) is 9.22. The molecule has 1 aromatic rings. The Bertz CT molecular complexity index is 382. The Balaban J connectivity index is 1.96. The van der Waals surface area contributed by atoms with Crippen LogP contribution >= 0.6 is 0 Å². The van der Waals surface area contributed by atoms with Gasteiger partial charge >= 0.3 is 0 Å². The molecule has 0 bridgehead atoms. The van der Waals surface area contributed by atoms with E-state index in [1.54, 1.807) is 19.2 Å².